The summed E-state index contributed by atoms with van der Waals surface area (Å²) in [4.78, 5) is 4.62. The number of nitrogens with one attached hydrogen (secondary N) is 1. The van der Waals surface area contributed by atoms with E-state index in [1.807, 2.05) is 0 Å². The molecule has 1 heterocycles. The van der Waals surface area contributed by atoms with Gasteiger partial charge in [0.1, 0.15) is 0 Å². The van der Waals surface area contributed by atoms with Gasteiger partial charge in [-0.2, -0.15) is 0 Å². The van der Waals surface area contributed by atoms with Crippen molar-refractivity contribution in [3.63, 3.8) is 0 Å². The summed E-state index contributed by atoms with van der Waals surface area (Å²) in [6.07, 6.45) is 3.68. The van der Waals surface area contributed by atoms with Gasteiger partial charge in [-0.05, 0) is 31.4 Å². The molecule has 1 unspecified atom stereocenters. The zero-order chi connectivity index (χ0) is 13.9. The van der Waals surface area contributed by atoms with Crippen LogP contribution in [-0.4, -0.2) is 17.6 Å². The third kappa shape index (κ3) is 3.68. The van der Waals surface area contributed by atoms with E-state index in [9.17, 15) is 0 Å². The van der Waals surface area contributed by atoms with Gasteiger partial charge in [0.25, 0.3) is 0 Å². The summed E-state index contributed by atoms with van der Waals surface area (Å²) in [6.45, 7) is 3.10. The Hall–Kier alpha value is -0.710. The van der Waals surface area contributed by atoms with Crippen LogP contribution in [-0.2, 0) is 6.42 Å². The van der Waals surface area contributed by atoms with Crippen LogP contribution in [0.5, 0.6) is 0 Å². The van der Waals surface area contributed by atoms with Crippen molar-refractivity contribution in [1.82, 2.24) is 10.3 Å². The number of thiazole rings is 1. The number of halogens is 1. The van der Waals surface area contributed by atoms with Gasteiger partial charge >= 0.3 is 0 Å². The van der Waals surface area contributed by atoms with Crippen LogP contribution in [0.2, 0.25) is 0 Å². The van der Waals surface area contributed by atoms with Crippen LogP contribution in [0.4, 0.5) is 0 Å². The van der Waals surface area contributed by atoms with Gasteiger partial charge in [0.05, 0.1) is 5.01 Å². The summed E-state index contributed by atoms with van der Waals surface area (Å²) in [5.41, 5.74) is 2.51. The number of nitrogens with zero attached hydrogens (tertiary/aromatic N) is 1. The van der Waals surface area contributed by atoms with Crippen molar-refractivity contribution in [2.75, 3.05) is 6.54 Å². The highest BCUT2D eigenvalue weighted by Crippen LogP contribution is 2.29. The lowest BCUT2D eigenvalue weighted by molar-refractivity contribution is 0.574. The summed E-state index contributed by atoms with van der Waals surface area (Å²) < 4.78 is 1.20. The SMILES string of the molecule is Cc1csc(CC(CNC2CC2)c2ccccc2Br)n1. The van der Waals surface area contributed by atoms with Crippen molar-refractivity contribution >= 4 is 27.3 Å². The molecule has 4 heteroatoms. The van der Waals surface area contributed by atoms with Crippen LogP contribution in [0.3, 0.4) is 0 Å². The van der Waals surface area contributed by atoms with Crippen LogP contribution in [0, 0.1) is 6.92 Å². The Labute approximate surface area is 132 Å². The second-order valence-corrected chi connectivity index (χ2v) is 7.28. The fraction of sp³-hybridized carbons (Fsp3) is 0.438. The molecule has 0 bridgehead atoms. The number of hydrogen-bond acceptors (Lipinski definition) is 3. The van der Waals surface area contributed by atoms with Crippen molar-refractivity contribution in [3.05, 3.63) is 50.4 Å². The highest BCUT2D eigenvalue weighted by Gasteiger charge is 2.23. The summed E-state index contributed by atoms with van der Waals surface area (Å²) in [5.74, 6) is 0.483. The lowest BCUT2D eigenvalue weighted by Crippen LogP contribution is -2.25. The average Bonchev–Trinajstić information content (AvgIpc) is 3.18. The van der Waals surface area contributed by atoms with Gasteiger partial charge in [-0.15, -0.1) is 11.3 Å². The minimum Gasteiger partial charge on any atom is -0.313 e. The Morgan fingerprint density at radius 3 is 2.85 bits per heavy atom. The predicted octanol–water partition coefficient (Wildman–Crippen LogP) is 4.29. The molecule has 106 valence electrons. The van der Waals surface area contributed by atoms with Crippen LogP contribution in [0.25, 0.3) is 0 Å². The molecule has 0 amide bonds. The zero-order valence-corrected chi connectivity index (χ0v) is 14.0. The second kappa shape index (κ2) is 6.37. The molecule has 1 atom stereocenters. The third-order valence-electron chi connectivity index (χ3n) is 3.66. The fourth-order valence-corrected chi connectivity index (χ4v) is 3.86. The molecule has 2 aromatic rings. The normalized spacial score (nSPS) is 16.3. The quantitative estimate of drug-likeness (QED) is 0.840. The number of hydrogen-bond donors (Lipinski definition) is 1. The van der Waals surface area contributed by atoms with E-state index in [2.05, 4.69) is 62.8 Å². The molecule has 1 saturated carbocycles. The molecule has 1 N–H and O–H groups in total. The maximum atomic E-state index is 4.62. The largest absolute Gasteiger partial charge is 0.313 e. The lowest BCUT2D eigenvalue weighted by Gasteiger charge is -2.18. The maximum Gasteiger partial charge on any atom is 0.0934 e. The van der Waals surface area contributed by atoms with E-state index < -0.39 is 0 Å². The Morgan fingerprint density at radius 2 is 2.20 bits per heavy atom. The molecular formula is C16H19BrN2S. The average molecular weight is 351 g/mol. The standard InChI is InChI=1S/C16H19BrN2S/c1-11-10-20-16(19-11)8-12(9-18-13-6-7-13)14-4-2-3-5-15(14)17/h2-5,10,12-13,18H,6-9H2,1H3. The Morgan fingerprint density at radius 1 is 1.40 bits per heavy atom. The molecule has 1 aromatic carbocycles. The van der Waals surface area contributed by atoms with Gasteiger partial charge in [0, 0.05) is 40.5 Å². The number of rotatable bonds is 6. The molecule has 0 aliphatic heterocycles. The predicted molar refractivity (Wildman–Crippen MR) is 88.5 cm³/mol. The second-order valence-electron chi connectivity index (χ2n) is 5.49. The van der Waals surface area contributed by atoms with Gasteiger partial charge in [0.2, 0.25) is 0 Å². The Kier molecular flexibility index (Phi) is 4.54. The zero-order valence-electron chi connectivity index (χ0n) is 11.6. The fourth-order valence-electron chi connectivity index (χ4n) is 2.40. The highest BCUT2D eigenvalue weighted by atomic mass is 79.9. The van der Waals surface area contributed by atoms with Crippen LogP contribution in [0.15, 0.2) is 34.1 Å². The van der Waals surface area contributed by atoms with Gasteiger partial charge < -0.3 is 5.32 Å². The Bertz CT molecular complexity index is 577. The monoisotopic (exact) mass is 350 g/mol. The van der Waals surface area contributed by atoms with Gasteiger partial charge in [-0.25, -0.2) is 4.98 Å². The van der Waals surface area contributed by atoms with Crippen LogP contribution < -0.4 is 5.32 Å². The van der Waals surface area contributed by atoms with Gasteiger partial charge in [-0.3, -0.25) is 0 Å². The minimum absolute atomic E-state index is 0.483. The van der Waals surface area contributed by atoms with E-state index in [-0.39, 0.29) is 0 Å². The Balaban J connectivity index is 1.77. The molecule has 3 rings (SSSR count). The summed E-state index contributed by atoms with van der Waals surface area (Å²) in [6, 6.07) is 9.30. The molecule has 1 fully saturated rings. The highest BCUT2D eigenvalue weighted by molar-refractivity contribution is 9.10. The molecule has 1 aromatic heterocycles. The van der Waals surface area contributed by atoms with Crippen molar-refractivity contribution in [1.29, 1.82) is 0 Å². The van der Waals surface area contributed by atoms with Crippen molar-refractivity contribution in [2.24, 2.45) is 0 Å². The van der Waals surface area contributed by atoms with E-state index in [1.165, 1.54) is 27.9 Å². The van der Waals surface area contributed by atoms with E-state index in [4.69, 9.17) is 0 Å². The van der Waals surface area contributed by atoms with E-state index >= 15 is 0 Å². The summed E-state index contributed by atoms with van der Waals surface area (Å²) in [7, 11) is 0. The molecule has 0 saturated heterocycles. The molecular weight excluding hydrogens is 332 g/mol. The lowest BCUT2D eigenvalue weighted by atomic mass is 9.96. The van der Waals surface area contributed by atoms with Gasteiger partial charge in [-0.1, -0.05) is 34.1 Å². The van der Waals surface area contributed by atoms with E-state index in [0.29, 0.717) is 5.92 Å². The first kappa shape index (κ1) is 14.2. The van der Waals surface area contributed by atoms with Crippen LogP contribution >= 0.6 is 27.3 Å². The molecule has 20 heavy (non-hydrogen) atoms. The summed E-state index contributed by atoms with van der Waals surface area (Å²) in [5, 5.41) is 7.04. The van der Waals surface area contributed by atoms with Crippen molar-refractivity contribution < 1.29 is 0 Å². The van der Waals surface area contributed by atoms with Crippen LogP contribution in [0.1, 0.15) is 35.0 Å². The van der Waals surface area contributed by atoms with Gasteiger partial charge in [0.15, 0.2) is 0 Å². The first-order valence-corrected chi connectivity index (χ1v) is 8.78. The first-order chi connectivity index (χ1) is 9.72. The molecule has 1 aliphatic carbocycles. The van der Waals surface area contributed by atoms with E-state index in [1.54, 1.807) is 11.3 Å². The minimum atomic E-state index is 0.483. The molecule has 0 radical (unpaired) electrons. The molecule has 1 aliphatic rings. The smallest absolute Gasteiger partial charge is 0.0934 e. The number of benzene rings is 1. The third-order valence-corrected chi connectivity index (χ3v) is 5.37. The number of aromatic nitrogens is 1. The first-order valence-electron chi connectivity index (χ1n) is 7.11. The molecule has 0 spiro atoms. The summed E-state index contributed by atoms with van der Waals surface area (Å²) >= 11 is 5.47. The maximum absolute atomic E-state index is 4.62. The molecule has 2 nitrogen and oxygen atoms in total. The van der Waals surface area contributed by atoms with Crippen molar-refractivity contribution in [3.8, 4) is 0 Å². The van der Waals surface area contributed by atoms with Crippen molar-refractivity contribution in [2.45, 2.75) is 38.1 Å². The van der Waals surface area contributed by atoms with E-state index in [0.717, 1.165) is 24.7 Å². The number of aryl methyl sites for hydroxylation is 1. The topological polar surface area (TPSA) is 24.9 Å².